The number of hydrogen-bond donors (Lipinski definition) is 2. The van der Waals surface area contributed by atoms with Gasteiger partial charge in [-0.2, -0.15) is 5.10 Å². The molecule has 0 radical (unpaired) electrons. The summed E-state index contributed by atoms with van der Waals surface area (Å²) < 4.78 is 1.88. The highest BCUT2D eigenvalue weighted by Gasteiger charge is 2.11. The lowest BCUT2D eigenvalue weighted by molar-refractivity contribution is 0.657. The second-order valence-corrected chi connectivity index (χ2v) is 4.84. The summed E-state index contributed by atoms with van der Waals surface area (Å²) in [6.07, 6.45) is 0. The van der Waals surface area contributed by atoms with Gasteiger partial charge in [-0.1, -0.05) is 0 Å². The molecule has 2 aromatic rings. The zero-order valence-electron chi connectivity index (χ0n) is 10.3. The Morgan fingerprint density at radius 2 is 2.24 bits per heavy atom. The van der Waals surface area contributed by atoms with Crippen LogP contribution in [0.5, 0.6) is 0 Å². The molecule has 0 unspecified atom stereocenters. The molecule has 5 nitrogen and oxygen atoms in total. The van der Waals surface area contributed by atoms with Crippen LogP contribution in [0, 0.1) is 13.8 Å². The fourth-order valence-electron chi connectivity index (χ4n) is 1.65. The van der Waals surface area contributed by atoms with E-state index in [1.54, 1.807) is 11.3 Å². The number of nitrogens with two attached hydrogens (primary N) is 1. The first kappa shape index (κ1) is 11.9. The van der Waals surface area contributed by atoms with Gasteiger partial charge in [0.1, 0.15) is 10.8 Å². The van der Waals surface area contributed by atoms with Crippen molar-refractivity contribution in [2.75, 3.05) is 11.1 Å². The Labute approximate surface area is 105 Å². The zero-order chi connectivity index (χ0) is 12.4. The largest absolute Gasteiger partial charge is 0.394 e. The molecule has 0 aromatic carbocycles. The number of rotatable bonds is 4. The van der Waals surface area contributed by atoms with Gasteiger partial charge < -0.3 is 11.1 Å². The van der Waals surface area contributed by atoms with Gasteiger partial charge in [-0.3, -0.25) is 0 Å². The molecule has 0 saturated heterocycles. The first-order valence-corrected chi connectivity index (χ1v) is 6.47. The molecule has 0 aliphatic carbocycles. The monoisotopic (exact) mass is 251 g/mol. The Morgan fingerprint density at radius 3 is 2.82 bits per heavy atom. The molecule has 2 heterocycles. The Kier molecular flexibility index (Phi) is 3.33. The summed E-state index contributed by atoms with van der Waals surface area (Å²) in [4.78, 5) is 4.40. The molecule has 2 aromatic heterocycles. The van der Waals surface area contributed by atoms with Crippen LogP contribution >= 0.6 is 11.3 Å². The average molecular weight is 251 g/mol. The van der Waals surface area contributed by atoms with E-state index in [2.05, 4.69) is 15.4 Å². The van der Waals surface area contributed by atoms with Crippen LogP contribution in [0.1, 0.15) is 23.3 Å². The van der Waals surface area contributed by atoms with Gasteiger partial charge in [-0.25, -0.2) is 9.67 Å². The summed E-state index contributed by atoms with van der Waals surface area (Å²) in [6, 6.07) is 0. The molecule has 3 N–H and O–H groups in total. The summed E-state index contributed by atoms with van der Waals surface area (Å²) in [5.41, 5.74) is 8.63. The molecule has 0 saturated carbocycles. The van der Waals surface area contributed by atoms with Gasteiger partial charge in [-0.05, 0) is 20.8 Å². The lowest BCUT2D eigenvalue weighted by Gasteiger charge is -2.07. The van der Waals surface area contributed by atoms with E-state index in [9.17, 15) is 0 Å². The molecule has 0 amide bonds. The molecule has 0 bridgehead atoms. The van der Waals surface area contributed by atoms with Crippen molar-refractivity contribution < 1.29 is 0 Å². The summed E-state index contributed by atoms with van der Waals surface area (Å²) in [6.45, 7) is 7.45. The summed E-state index contributed by atoms with van der Waals surface area (Å²) in [5.74, 6) is 0.887. The van der Waals surface area contributed by atoms with Gasteiger partial charge in [0.25, 0.3) is 0 Å². The minimum absolute atomic E-state index is 0.688. The van der Waals surface area contributed by atoms with Crippen LogP contribution in [0.3, 0.4) is 0 Å². The Bertz CT molecular complexity index is 514. The van der Waals surface area contributed by atoms with Crippen LogP contribution < -0.4 is 11.1 Å². The smallest absolute Gasteiger partial charge is 0.148 e. The SMILES string of the molecule is CCn1nc(C)c(N)c1NCc1nc(C)cs1. The van der Waals surface area contributed by atoms with Gasteiger partial charge in [0.2, 0.25) is 0 Å². The van der Waals surface area contributed by atoms with Crippen LogP contribution in [0.15, 0.2) is 5.38 Å². The maximum absolute atomic E-state index is 5.99. The summed E-state index contributed by atoms with van der Waals surface area (Å²) in [5, 5.41) is 10.8. The second-order valence-electron chi connectivity index (χ2n) is 3.90. The highest BCUT2D eigenvalue weighted by Crippen LogP contribution is 2.23. The van der Waals surface area contributed by atoms with Gasteiger partial charge in [-0.15, -0.1) is 11.3 Å². The second kappa shape index (κ2) is 4.75. The Balaban J connectivity index is 2.13. The lowest BCUT2D eigenvalue weighted by Crippen LogP contribution is -2.08. The number of nitrogens with one attached hydrogen (secondary N) is 1. The molecule has 92 valence electrons. The van der Waals surface area contributed by atoms with Crippen LogP contribution in [0.25, 0.3) is 0 Å². The maximum atomic E-state index is 5.99. The van der Waals surface area contributed by atoms with Gasteiger partial charge >= 0.3 is 0 Å². The van der Waals surface area contributed by atoms with E-state index in [1.807, 2.05) is 30.8 Å². The summed E-state index contributed by atoms with van der Waals surface area (Å²) >= 11 is 1.65. The molecule has 0 aliphatic rings. The van der Waals surface area contributed by atoms with E-state index in [-0.39, 0.29) is 0 Å². The Morgan fingerprint density at radius 1 is 1.47 bits per heavy atom. The number of thiazole rings is 1. The molecule has 0 aliphatic heterocycles. The minimum atomic E-state index is 0.688. The van der Waals surface area contributed by atoms with E-state index in [0.29, 0.717) is 6.54 Å². The highest BCUT2D eigenvalue weighted by molar-refractivity contribution is 7.09. The zero-order valence-corrected chi connectivity index (χ0v) is 11.1. The van der Waals surface area contributed by atoms with Crippen molar-refractivity contribution in [1.82, 2.24) is 14.8 Å². The van der Waals surface area contributed by atoms with Crippen LogP contribution in [-0.2, 0) is 13.1 Å². The number of nitrogens with zero attached hydrogens (tertiary/aromatic N) is 3. The number of hydrogen-bond acceptors (Lipinski definition) is 5. The van der Waals surface area contributed by atoms with Gasteiger partial charge in [0.15, 0.2) is 0 Å². The van der Waals surface area contributed by atoms with Gasteiger partial charge in [0, 0.05) is 17.6 Å². The number of nitrogen functional groups attached to an aromatic ring is 1. The third kappa shape index (κ3) is 2.41. The predicted octanol–water partition coefficient (Wildman–Crippen LogP) is 2.17. The van der Waals surface area contributed by atoms with Crippen molar-refractivity contribution in [3.63, 3.8) is 0 Å². The third-order valence-corrected chi connectivity index (χ3v) is 3.51. The van der Waals surface area contributed by atoms with Crippen LogP contribution in [0.4, 0.5) is 11.5 Å². The fraction of sp³-hybridized carbons (Fsp3) is 0.455. The number of anilines is 2. The van der Waals surface area contributed by atoms with Crippen LogP contribution in [-0.4, -0.2) is 14.8 Å². The average Bonchev–Trinajstić information content (AvgIpc) is 2.83. The first-order chi connectivity index (χ1) is 8.11. The van der Waals surface area contributed by atoms with E-state index in [1.165, 1.54) is 0 Å². The van der Waals surface area contributed by atoms with E-state index < -0.39 is 0 Å². The normalized spacial score (nSPS) is 10.8. The first-order valence-electron chi connectivity index (χ1n) is 5.59. The topological polar surface area (TPSA) is 68.8 Å². The van der Waals surface area contributed by atoms with Crippen molar-refractivity contribution in [2.45, 2.75) is 33.9 Å². The molecular formula is C11H17N5S. The van der Waals surface area contributed by atoms with Gasteiger partial charge in [0.05, 0.1) is 17.9 Å². The number of aryl methyl sites for hydroxylation is 3. The number of aromatic nitrogens is 3. The Hall–Kier alpha value is -1.56. The molecule has 6 heteroatoms. The molecule has 0 fully saturated rings. The van der Waals surface area contributed by atoms with E-state index in [0.717, 1.165) is 34.4 Å². The molecule has 0 spiro atoms. The molecule has 0 atom stereocenters. The van der Waals surface area contributed by atoms with Crippen LogP contribution in [0.2, 0.25) is 0 Å². The van der Waals surface area contributed by atoms with Crippen molar-refractivity contribution >= 4 is 22.8 Å². The quantitative estimate of drug-likeness (QED) is 0.873. The van der Waals surface area contributed by atoms with E-state index >= 15 is 0 Å². The van der Waals surface area contributed by atoms with Crippen molar-refractivity contribution in [3.8, 4) is 0 Å². The molecule has 2 rings (SSSR count). The predicted molar refractivity (Wildman–Crippen MR) is 71.2 cm³/mol. The van der Waals surface area contributed by atoms with E-state index in [4.69, 9.17) is 5.73 Å². The molecule has 17 heavy (non-hydrogen) atoms. The molecular weight excluding hydrogens is 234 g/mol. The summed E-state index contributed by atoms with van der Waals surface area (Å²) in [7, 11) is 0. The van der Waals surface area contributed by atoms with Crippen molar-refractivity contribution in [3.05, 3.63) is 21.8 Å². The standard InChI is InChI=1S/C11H17N5S/c1-4-16-11(10(12)8(3)15-16)13-5-9-14-7(2)6-17-9/h6,13H,4-5,12H2,1-3H3. The van der Waals surface area contributed by atoms with Crippen molar-refractivity contribution in [2.24, 2.45) is 0 Å². The highest BCUT2D eigenvalue weighted by atomic mass is 32.1. The lowest BCUT2D eigenvalue weighted by atomic mass is 10.4. The van der Waals surface area contributed by atoms with Crippen molar-refractivity contribution in [1.29, 1.82) is 0 Å². The minimum Gasteiger partial charge on any atom is -0.394 e. The fourth-order valence-corrected chi connectivity index (χ4v) is 2.37. The third-order valence-electron chi connectivity index (χ3n) is 2.55. The maximum Gasteiger partial charge on any atom is 0.148 e.